The first-order valence-corrected chi connectivity index (χ1v) is 7.36. The minimum atomic E-state index is -0.395. The van der Waals surface area contributed by atoms with E-state index in [0.717, 1.165) is 0 Å². The molecule has 0 spiro atoms. The summed E-state index contributed by atoms with van der Waals surface area (Å²) >= 11 is 1.20. The van der Waals surface area contributed by atoms with Gasteiger partial charge in [-0.2, -0.15) is 4.98 Å². The number of amides is 1. The fourth-order valence-corrected chi connectivity index (χ4v) is 2.80. The van der Waals surface area contributed by atoms with E-state index in [9.17, 15) is 9.59 Å². The number of hydrogen-bond acceptors (Lipinski definition) is 7. The van der Waals surface area contributed by atoms with Gasteiger partial charge in [-0.25, -0.2) is 5.10 Å². The number of hydrogen-bond donors (Lipinski definition) is 3. The minimum absolute atomic E-state index is 0.0151. The average molecular weight is 319 g/mol. The van der Waals surface area contributed by atoms with Crippen molar-refractivity contribution >= 4 is 35.1 Å². The number of nitrogen functional groups attached to an aromatic ring is 1. The summed E-state index contributed by atoms with van der Waals surface area (Å²) in [5, 5.41) is 9.10. The van der Waals surface area contributed by atoms with E-state index in [0.29, 0.717) is 22.2 Å². The van der Waals surface area contributed by atoms with Gasteiger partial charge in [0.05, 0.1) is 10.9 Å². The summed E-state index contributed by atoms with van der Waals surface area (Å²) in [7, 11) is 0. The van der Waals surface area contributed by atoms with E-state index in [4.69, 9.17) is 10.5 Å². The molecule has 114 valence electrons. The molecule has 1 aromatic carbocycles. The zero-order valence-corrected chi connectivity index (χ0v) is 12.4. The zero-order chi connectivity index (χ0) is 15.7. The second-order valence-electron chi connectivity index (χ2n) is 4.68. The minimum Gasteiger partial charge on any atom is -0.482 e. The predicted molar refractivity (Wildman–Crippen MR) is 81.0 cm³/mol. The molecule has 2 aromatic rings. The van der Waals surface area contributed by atoms with Crippen LogP contribution in [0.25, 0.3) is 0 Å². The Morgan fingerprint density at radius 2 is 2.32 bits per heavy atom. The summed E-state index contributed by atoms with van der Waals surface area (Å²) in [4.78, 5) is 27.7. The van der Waals surface area contributed by atoms with Crippen LogP contribution in [0.2, 0.25) is 0 Å². The molecular weight excluding hydrogens is 306 g/mol. The Kier molecular flexibility index (Phi) is 3.72. The number of carbonyl (C=O) groups is 2. The summed E-state index contributed by atoms with van der Waals surface area (Å²) in [6, 6.07) is 4.95. The van der Waals surface area contributed by atoms with E-state index in [1.807, 2.05) is 0 Å². The van der Waals surface area contributed by atoms with Gasteiger partial charge in [0.15, 0.2) is 12.4 Å². The highest BCUT2D eigenvalue weighted by molar-refractivity contribution is 8.00. The van der Waals surface area contributed by atoms with Crippen molar-refractivity contribution in [1.29, 1.82) is 0 Å². The maximum absolute atomic E-state index is 12.5. The molecule has 4 N–H and O–H groups in total. The number of thioether (sulfide) groups is 1. The van der Waals surface area contributed by atoms with E-state index in [1.165, 1.54) is 11.8 Å². The molecule has 0 radical (unpaired) electrons. The van der Waals surface area contributed by atoms with Crippen LogP contribution < -0.4 is 15.8 Å². The molecule has 1 atom stereocenters. The van der Waals surface area contributed by atoms with Crippen molar-refractivity contribution in [2.24, 2.45) is 0 Å². The van der Waals surface area contributed by atoms with Crippen molar-refractivity contribution in [1.82, 2.24) is 15.2 Å². The van der Waals surface area contributed by atoms with Crippen LogP contribution in [0.5, 0.6) is 5.75 Å². The number of benzene rings is 1. The maximum Gasteiger partial charge on any atom is 0.262 e. The lowest BCUT2D eigenvalue weighted by Crippen LogP contribution is -2.25. The van der Waals surface area contributed by atoms with Gasteiger partial charge in [0, 0.05) is 5.56 Å². The van der Waals surface area contributed by atoms with E-state index in [1.54, 1.807) is 25.1 Å². The van der Waals surface area contributed by atoms with Crippen LogP contribution in [0.4, 0.5) is 11.6 Å². The Hall–Kier alpha value is -2.55. The molecule has 2 heterocycles. The van der Waals surface area contributed by atoms with Gasteiger partial charge in [-0.15, -0.1) is 5.10 Å². The number of fused-ring (bicyclic) bond motifs is 1. The van der Waals surface area contributed by atoms with Gasteiger partial charge in [-0.05, 0) is 25.1 Å². The Balaban J connectivity index is 1.77. The first-order valence-electron chi connectivity index (χ1n) is 6.48. The Labute approximate surface area is 129 Å². The molecule has 9 heteroatoms. The second kappa shape index (κ2) is 5.68. The normalized spacial score (nSPS) is 14.7. The number of nitrogens with zero attached hydrogens (tertiary/aromatic N) is 2. The molecule has 0 saturated heterocycles. The number of aromatic nitrogens is 3. The Morgan fingerprint density at radius 3 is 3.05 bits per heavy atom. The average Bonchev–Trinajstić information content (AvgIpc) is 2.90. The summed E-state index contributed by atoms with van der Waals surface area (Å²) in [5.74, 6) is 0.417. The number of carbonyl (C=O) groups excluding carboxylic acids is 2. The topological polar surface area (TPSA) is 123 Å². The van der Waals surface area contributed by atoms with Crippen LogP contribution in [0.15, 0.2) is 23.4 Å². The van der Waals surface area contributed by atoms with E-state index >= 15 is 0 Å². The second-order valence-corrected chi connectivity index (χ2v) is 5.98. The third-order valence-electron chi connectivity index (χ3n) is 3.03. The molecule has 0 bridgehead atoms. The number of aromatic amines is 1. The number of nitrogens with one attached hydrogen (secondary N) is 2. The quantitative estimate of drug-likeness (QED) is 0.569. The molecule has 3 rings (SSSR count). The Morgan fingerprint density at radius 1 is 1.50 bits per heavy atom. The summed E-state index contributed by atoms with van der Waals surface area (Å²) in [6.07, 6.45) is 0. The number of rotatable bonds is 4. The van der Waals surface area contributed by atoms with Gasteiger partial charge >= 0.3 is 0 Å². The monoisotopic (exact) mass is 319 g/mol. The van der Waals surface area contributed by atoms with Gasteiger partial charge in [0.1, 0.15) is 5.75 Å². The van der Waals surface area contributed by atoms with Gasteiger partial charge in [-0.1, -0.05) is 11.8 Å². The molecule has 0 unspecified atom stereocenters. The van der Waals surface area contributed by atoms with Crippen molar-refractivity contribution in [2.75, 3.05) is 17.7 Å². The first-order chi connectivity index (χ1) is 10.5. The summed E-state index contributed by atoms with van der Waals surface area (Å²) in [6.45, 7) is 1.74. The predicted octanol–water partition coefficient (Wildman–Crippen LogP) is 1.08. The van der Waals surface area contributed by atoms with Gasteiger partial charge in [-0.3, -0.25) is 9.59 Å². The number of ketones is 1. The Bertz CT molecular complexity index is 745. The van der Waals surface area contributed by atoms with Gasteiger partial charge in [0.25, 0.3) is 5.91 Å². The van der Waals surface area contributed by atoms with Crippen LogP contribution in [0.3, 0.4) is 0 Å². The highest BCUT2D eigenvalue weighted by Gasteiger charge is 2.22. The van der Waals surface area contributed by atoms with E-state index in [-0.39, 0.29) is 24.2 Å². The highest BCUT2D eigenvalue weighted by atomic mass is 32.2. The van der Waals surface area contributed by atoms with Crippen molar-refractivity contribution in [3.8, 4) is 5.75 Å². The number of H-pyrrole nitrogens is 1. The SMILES string of the molecule is C[C@H](Sc1n[nH]c(N)n1)C(=O)c1ccc2c(c1)NC(=O)CO2. The molecule has 1 aliphatic rings. The molecule has 22 heavy (non-hydrogen) atoms. The first kappa shape index (κ1) is 14.4. The fourth-order valence-electron chi connectivity index (χ4n) is 1.99. The van der Waals surface area contributed by atoms with Gasteiger partial charge < -0.3 is 15.8 Å². The molecule has 0 aliphatic carbocycles. The van der Waals surface area contributed by atoms with Crippen LogP contribution in [0.1, 0.15) is 17.3 Å². The molecule has 0 saturated carbocycles. The zero-order valence-electron chi connectivity index (χ0n) is 11.6. The molecule has 0 fully saturated rings. The van der Waals surface area contributed by atoms with E-state index < -0.39 is 5.25 Å². The maximum atomic E-state index is 12.5. The lowest BCUT2D eigenvalue weighted by molar-refractivity contribution is -0.118. The van der Waals surface area contributed by atoms with Crippen LogP contribution in [-0.2, 0) is 4.79 Å². The number of anilines is 2. The van der Waals surface area contributed by atoms with Crippen molar-refractivity contribution in [2.45, 2.75) is 17.3 Å². The number of ether oxygens (including phenoxy) is 1. The molecule has 8 nitrogen and oxygen atoms in total. The van der Waals surface area contributed by atoms with E-state index in [2.05, 4.69) is 20.5 Å². The van der Waals surface area contributed by atoms with Crippen molar-refractivity contribution < 1.29 is 14.3 Å². The number of nitrogens with two attached hydrogens (primary N) is 1. The summed E-state index contributed by atoms with van der Waals surface area (Å²) < 4.78 is 5.26. The molecule has 1 aromatic heterocycles. The highest BCUT2D eigenvalue weighted by Crippen LogP contribution is 2.30. The molecule has 1 amide bonds. The van der Waals surface area contributed by atoms with Gasteiger partial charge in [0.2, 0.25) is 11.1 Å². The third-order valence-corrected chi connectivity index (χ3v) is 3.99. The smallest absolute Gasteiger partial charge is 0.262 e. The van der Waals surface area contributed by atoms with Crippen molar-refractivity contribution in [3.05, 3.63) is 23.8 Å². The van der Waals surface area contributed by atoms with Crippen LogP contribution >= 0.6 is 11.8 Å². The van der Waals surface area contributed by atoms with Crippen LogP contribution in [-0.4, -0.2) is 38.7 Å². The lowest BCUT2D eigenvalue weighted by Gasteiger charge is -2.18. The number of Topliss-reactive ketones (excluding diaryl/α,β-unsaturated/α-hetero) is 1. The lowest BCUT2D eigenvalue weighted by atomic mass is 10.1. The standard InChI is InChI=1S/C13H13N5O3S/c1-6(22-13-16-12(14)17-18-13)11(20)7-2-3-9-8(4-7)15-10(19)5-21-9/h2-4,6H,5H2,1H3,(H,15,19)(H3,14,16,17,18)/t6-/m0/s1. The largest absolute Gasteiger partial charge is 0.482 e. The van der Waals surface area contributed by atoms with Crippen LogP contribution in [0, 0.1) is 0 Å². The molecule has 1 aliphatic heterocycles. The fraction of sp³-hybridized carbons (Fsp3) is 0.231. The molecular formula is C13H13N5O3S. The third kappa shape index (κ3) is 2.89. The summed E-state index contributed by atoms with van der Waals surface area (Å²) in [5.41, 5.74) is 6.43. The van der Waals surface area contributed by atoms with Crippen molar-refractivity contribution in [3.63, 3.8) is 0 Å².